The minimum Gasteiger partial charge on any atom is -0.371 e. The Hall–Kier alpha value is 0.0569. The molecule has 0 bridgehead atoms. The lowest BCUT2D eigenvalue weighted by molar-refractivity contribution is 0.141. The second-order valence-electron chi connectivity index (χ2n) is 5.79. The van der Waals surface area contributed by atoms with Crippen molar-refractivity contribution < 1.29 is 8.85 Å². The first kappa shape index (κ1) is 17.1. The van der Waals surface area contributed by atoms with E-state index >= 15 is 0 Å². The highest BCUT2D eigenvalue weighted by Crippen LogP contribution is 2.25. The van der Waals surface area contributed by atoms with Gasteiger partial charge in [-0.25, -0.2) is 0 Å². The van der Waals surface area contributed by atoms with E-state index in [0.717, 1.165) is 0 Å². The Bertz CT molecular complexity index is 246. The van der Waals surface area contributed by atoms with Crippen molar-refractivity contribution in [2.45, 2.75) is 72.4 Å². The molecule has 0 aromatic carbocycles. The molecule has 114 valence electrons. The molecule has 0 saturated heterocycles. The lowest BCUT2D eigenvalue weighted by Crippen LogP contribution is -2.71. The summed E-state index contributed by atoms with van der Waals surface area (Å²) in [6.07, 6.45) is 5.21. The highest BCUT2D eigenvalue weighted by Gasteiger charge is 2.43. The maximum atomic E-state index is 6.03. The van der Waals surface area contributed by atoms with Crippen LogP contribution in [0.1, 0.15) is 60.3 Å². The van der Waals surface area contributed by atoms with Crippen LogP contribution in [0.3, 0.4) is 0 Å². The average molecular weight is 289 g/mol. The van der Waals surface area contributed by atoms with Gasteiger partial charge in [0.2, 0.25) is 0 Å². The van der Waals surface area contributed by atoms with E-state index in [1.54, 1.807) is 0 Å². The van der Waals surface area contributed by atoms with Crippen LogP contribution in [-0.4, -0.2) is 34.2 Å². The van der Waals surface area contributed by atoms with E-state index in [-0.39, 0.29) is 0 Å². The third-order valence-corrected chi connectivity index (χ3v) is 6.76. The van der Waals surface area contributed by atoms with Gasteiger partial charge in [0.05, 0.1) is 0 Å². The standard InChI is InChI=1S/C14H32N2O2Si/c1-6-17-19(18-7-2,15-12(3)4)16-14-11-9-8-10-13(14)5/h12-16H,6-11H2,1-5H3. The smallest absolute Gasteiger partial charge is 0.371 e. The third kappa shape index (κ3) is 5.51. The topological polar surface area (TPSA) is 42.5 Å². The van der Waals surface area contributed by atoms with E-state index in [4.69, 9.17) is 8.85 Å². The van der Waals surface area contributed by atoms with Crippen molar-refractivity contribution in [3.8, 4) is 0 Å². The number of hydrogen-bond donors (Lipinski definition) is 2. The van der Waals surface area contributed by atoms with Gasteiger partial charge in [0.25, 0.3) is 0 Å². The summed E-state index contributed by atoms with van der Waals surface area (Å²) in [5, 5.41) is 0. The van der Waals surface area contributed by atoms with Crippen molar-refractivity contribution in [1.29, 1.82) is 0 Å². The van der Waals surface area contributed by atoms with Crippen LogP contribution < -0.4 is 9.96 Å². The molecule has 19 heavy (non-hydrogen) atoms. The highest BCUT2D eigenvalue weighted by atomic mass is 28.4. The van der Waals surface area contributed by atoms with E-state index in [1.807, 2.05) is 13.8 Å². The van der Waals surface area contributed by atoms with Crippen LogP contribution in [0.5, 0.6) is 0 Å². The first-order valence-corrected chi connectivity index (χ1v) is 9.68. The molecule has 4 nitrogen and oxygen atoms in total. The predicted molar refractivity (Wildman–Crippen MR) is 81.8 cm³/mol. The van der Waals surface area contributed by atoms with E-state index in [0.29, 0.717) is 31.2 Å². The van der Waals surface area contributed by atoms with Crippen LogP contribution >= 0.6 is 0 Å². The molecule has 0 radical (unpaired) electrons. The van der Waals surface area contributed by atoms with Crippen LogP contribution in [0.15, 0.2) is 0 Å². The zero-order valence-electron chi connectivity index (χ0n) is 13.3. The molecule has 1 aliphatic rings. The first-order valence-electron chi connectivity index (χ1n) is 7.86. The van der Waals surface area contributed by atoms with Gasteiger partial charge in [-0.2, -0.15) is 0 Å². The van der Waals surface area contributed by atoms with Gasteiger partial charge < -0.3 is 8.85 Å². The molecule has 0 heterocycles. The lowest BCUT2D eigenvalue weighted by atomic mass is 9.87. The summed E-state index contributed by atoms with van der Waals surface area (Å²) in [4.78, 5) is 7.28. The summed E-state index contributed by atoms with van der Waals surface area (Å²) in [5.74, 6) is 0.704. The van der Waals surface area contributed by atoms with Gasteiger partial charge in [0.1, 0.15) is 0 Å². The van der Waals surface area contributed by atoms with Crippen molar-refractivity contribution in [3.05, 3.63) is 0 Å². The van der Waals surface area contributed by atoms with Gasteiger partial charge in [-0.3, -0.25) is 9.96 Å². The summed E-state index contributed by atoms with van der Waals surface area (Å²) in [6, 6.07) is 0.876. The summed E-state index contributed by atoms with van der Waals surface area (Å²) >= 11 is 0. The van der Waals surface area contributed by atoms with Crippen LogP contribution in [0, 0.1) is 5.92 Å². The molecule has 0 aromatic rings. The first-order chi connectivity index (χ1) is 9.03. The van der Waals surface area contributed by atoms with E-state index in [9.17, 15) is 0 Å². The molecule has 2 unspecified atom stereocenters. The Morgan fingerprint density at radius 1 is 1.11 bits per heavy atom. The van der Waals surface area contributed by atoms with Crippen LogP contribution in [-0.2, 0) is 8.85 Å². The second-order valence-corrected chi connectivity index (χ2v) is 8.18. The van der Waals surface area contributed by atoms with Crippen molar-refractivity contribution >= 4 is 8.88 Å². The number of rotatable bonds is 8. The zero-order valence-corrected chi connectivity index (χ0v) is 14.3. The Morgan fingerprint density at radius 2 is 1.68 bits per heavy atom. The molecule has 1 aliphatic carbocycles. The van der Waals surface area contributed by atoms with Gasteiger partial charge in [-0.05, 0) is 32.6 Å². The van der Waals surface area contributed by atoms with Gasteiger partial charge in [0.15, 0.2) is 0 Å². The Balaban J connectivity index is 2.74. The van der Waals surface area contributed by atoms with Crippen molar-refractivity contribution in [2.24, 2.45) is 5.92 Å². The average Bonchev–Trinajstić information content (AvgIpc) is 2.32. The van der Waals surface area contributed by atoms with Crippen LogP contribution in [0.2, 0.25) is 0 Å². The lowest BCUT2D eigenvalue weighted by Gasteiger charge is -2.39. The third-order valence-electron chi connectivity index (χ3n) is 3.66. The van der Waals surface area contributed by atoms with Gasteiger partial charge >= 0.3 is 8.88 Å². The summed E-state index contributed by atoms with van der Waals surface area (Å²) < 4.78 is 12.1. The predicted octanol–water partition coefficient (Wildman–Crippen LogP) is 2.66. The van der Waals surface area contributed by atoms with Crippen molar-refractivity contribution in [3.63, 3.8) is 0 Å². The van der Waals surface area contributed by atoms with Gasteiger partial charge in [-0.1, -0.05) is 33.6 Å². The second kappa shape index (κ2) is 8.37. The molecule has 0 spiro atoms. The van der Waals surface area contributed by atoms with Crippen LogP contribution in [0.4, 0.5) is 0 Å². The fourth-order valence-electron chi connectivity index (χ4n) is 2.81. The van der Waals surface area contributed by atoms with Crippen molar-refractivity contribution in [1.82, 2.24) is 9.96 Å². The fourth-order valence-corrected chi connectivity index (χ4v) is 5.80. The normalized spacial score (nSPS) is 24.9. The monoisotopic (exact) mass is 288 g/mol. The zero-order chi connectivity index (χ0) is 14.3. The molecular formula is C14H32N2O2Si. The molecule has 2 atom stereocenters. The molecule has 0 aromatic heterocycles. The Morgan fingerprint density at radius 3 is 2.16 bits per heavy atom. The van der Waals surface area contributed by atoms with Crippen LogP contribution in [0.25, 0.3) is 0 Å². The molecule has 0 amide bonds. The largest absolute Gasteiger partial charge is 0.517 e. The SMILES string of the molecule is CCO[Si](NC(C)C)(NC1CCCCC1C)OCC. The molecule has 1 saturated carbocycles. The molecule has 1 rings (SSSR count). The minimum absolute atomic E-state index is 0.358. The Kier molecular flexibility index (Phi) is 7.53. The molecule has 0 aliphatic heterocycles. The van der Waals surface area contributed by atoms with E-state index < -0.39 is 8.88 Å². The number of nitrogens with one attached hydrogen (secondary N) is 2. The molecular weight excluding hydrogens is 256 g/mol. The maximum Gasteiger partial charge on any atom is 0.517 e. The van der Waals surface area contributed by atoms with Gasteiger partial charge in [0, 0.05) is 25.3 Å². The highest BCUT2D eigenvalue weighted by molar-refractivity contribution is 6.62. The molecule has 1 fully saturated rings. The maximum absolute atomic E-state index is 6.03. The van der Waals surface area contributed by atoms with E-state index in [1.165, 1.54) is 25.7 Å². The van der Waals surface area contributed by atoms with Crippen molar-refractivity contribution in [2.75, 3.05) is 13.2 Å². The van der Waals surface area contributed by atoms with Gasteiger partial charge in [-0.15, -0.1) is 0 Å². The Labute approximate surface area is 120 Å². The fraction of sp³-hybridized carbons (Fsp3) is 1.00. The summed E-state index contributed by atoms with van der Waals surface area (Å²) in [5.41, 5.74) is 0. The molecule has 5 heteroatoms. The van der Waals surface area contributed by atoms with E-state index in [2.05, 4.69) is 30.7 Å². The number of hydrogen-bond acceptors (Lipinski definition) is 4. The summed E-state index contributed by atoms with van der Waals surface area (Å²) in [6.45, 7) is 12.1. The summed E-state index contributed by atoms with van der Waals surface area (Å²) in [7, 11) is -2.49. The molecule has 2 N–H and O–H groups in total. The minimum atomic E-state index is -2.49. The quantitative estimate of drug-likeness (QED) is 0.674.